The van der Waals surface area contributed by atoms with Crippen molar-refractivity contribution in [3.8, 4) is 0 Å². The van der Waals surface area contributed by atoms with Crippen LogP contribution in [0.1, 0.15) is 74.1 Å². The molecule has 190 valence electrons. The van der Waals surface area contributed by atoms with E-state index < -0.39 is 35.7 Å². The number of hydrogen-bond acceptors (Lipinski definition) is 6. The lowest BCUT2D eigenvalue weighted by Gasteiger charge is -2.45. The molecule has 34 heavy (non-hydrogen) atoms. The lowest BCUT2D eigenvalue weighted by Crippen LogP contribution is -2.56. The normalized spacial score (nSPS) is 43.9. The van der Waals surface area contributed by atoms with E-state index >= 15 is 0 Å². The molecule has 2 fully saturated rings. The summed E-state index contributed by atoms with van der Waals surface area (Å²) in [6.45, 7) is 14.1. The second-order valence-electron chi connectivity index (χ2n) is 11.7. The second-order valence-corrected chi connectivity index (χ2v) is 11.7. The maximum Gasteiger partial charge on any atom is 0.309 e. The number of carbonyl (C=O) groups is 2. The molecule has 0 aromatic heterocycles. The average Bonchev–Trinajstić information content (AvgIpc) is 3.16. The molecule has 7 heteroatoms. The van der Waals surface area contributed by atoms with Crippen LogP contribution in [0.2, 0.25) is 0 Å². The van der Waals surface area contributed by atoms with E-state index in [2.05, 4.69) is 45.2 Å². The maximum absolute atomic E-state index is 13.7. The zero-order valence-corrected chi connectivity index (χ0v) is 21.6. The molecule has 1 amide bonds. The van der Waals surface area contributed by atoms with Gasteiger partial charge in [0.25, 0.3) is 5.91 Å². The maximum atomic E-state index is 13.7. The topological polar surface area (TPSA) is 94.1 Å². The van der Waals surface area contributed by atoms with Crippen molar-refractivity contribution in [3.63, 3.8) is 0 Å². The molecular weight excluding hydrogens is 434 g/mol. The van der Waals surface area contributed by atoms with Gasteiger partial charge in [0.2, 0.25) is 5.60 Å². The number of ether oxygens (including phenoxy) is 3. The Balaban J connectivity index is 1.78. The number of hydrogen-bond donors (Lipinski definition) is 2. The van der Waals surface area contributed by atoms with Crippen molar-refractivity contribution in [2.45, 2.75) is 110 Å². The molecule has 3 aliphatic heterocycles. The number of aliphatic hydroxyl groups is 1. The van der Waals surface area contributed by atoms with E-state index in [0.717, 1.165) is 12.0 Å². The van der Waals surface area contributed by atoms with Gasteiger partial charge < -0.3 is 24.6 Å². The third-order valence-electron chi connectivity index (χ3n) is 8.07. The van der Waals surface area contributed by atoms with Gasteiger partial charge in [-0.15, -0.1) is 0 Å². The molecule has 3 heterocycles. The quantitative estimate of drug-likeness (QED) is 0.468. The summed E-state index contributed by atoms with van der Waals surface area (Å²) in [5.41, 5.74) is 0.962. The molecule has 0 saturated carbocycles. The third kappa shape index (κ3) is 4.47. The summed E-state index contributed by atoms with van der Waals surface area (Å²) in [4.78, 5) is 27.2. The number of nitrogens with one attached hydrogen (secondary N) is 1. The zero-order chi connectivity index (χ0) is 25.0. The van der Waals surface area contributed by atoms with Crippen LogP contribution in [0.15, 0.2) is 23.3 Å². The Hall–Kier alpha value is -1.70. The minimum Gasteiger partial charge on any atom is -0.447 e. The molecular formula is C27H41NO6. The molecule has 0 radical (unpaired) electrons. The fourth-order valence-corrected chi connectivity index (χ4v) is 6.50. The van der Waals surface area contributed by atoms with Crippen molar-refractivity contribution in [2.24, 2.45) is 23.7 Å². The predicted molar refractivity (Wildman–Crippen MR) is 128 cm³/mol. The number of amides is 1. The zero-order valence-electron chi connectivity index (χ0n) is 21.6. The summed E-state index contributed by atoms with van der Waals surface area (Å²) in [6, 6.07) is -0.0670. The first-order chi connectivity index (χ1) is 15.8. The molecule has 7 nitrogen and oxygen atoms in total. The van der Waals surface area contributed by atoms with Crippen molar-refractivity contribution in [1.82, 2.24) is 5.32 Å². The van der Waals surface area contributed by atoms with Gasteiger partial charge in [-0.3, -0.25) is 9.59 Å². The van der Waals surface area contributed by atoms with Crippen LogP contribution in [-0.4, -0.2) is 52.7 Å². The lowest BCUT2D eigenvalue weighted by atomic mass is 9.63. The summed E-state index contributed by atoms with van der Waals surface area (Å²) in [5, 5.41) is 14.1. The third-order valence-corrected chi connectivity index (χ3v) is 8.07. The second kappa shape index (κ2) is 9.07. The Morgan fingerprint density at radius 3 is 2.56 bits per heavy atom. The van der Waals surface area contributed by atoms with E-state index in [4.69, 9.17) is 14.2 Å². The highest BCUT2D eigenvalue weighted by Crippen LogP contribution is 2.51. The standard InChI is InChI=1S/C27H41NO6/c1-14(2)10-19-23-17(5)16(4)12-18-11-15(3)8-9-20(29)24-21(32-26(6,7)34-24)13-22(30)33-27(18,23)25(31)28-19/h11-12,14,17-21,23-24,29H,8-10,13H2,1-7H3,(H,28,31)/b15-11+/t17-,18-,19+,20-,21+,23+,24-,27+/m0/s1. The number of carbonyl (C=O) groups excluding carboxylic acids is 2. The van der Waals surface area contributed by atoms with Crippen molar-refractivity contribution in [2.75, 3.05) is 0 Å². The fraction of sp³-hybridized carbons (Fsp3) is 0.778. The molecule has 0 bridgehead atoms. The van der Waals surface area contributed by atoms with E-state index in [-0.39, 0.29) is 36.1 Å². The van der Waals surface area contributed by atoms with Crippen LogP contribution in [0.3, 0.4) is 0 Å². The van der Waals surface area contributed by atoms with Gasteiger partial charge in [0, 0.05) is 17.9 Å². The first kappa shape index (κ1) is 25.4. The van der Waals surface area contributed by atoms with Crippen LogP contribution in [0.25, 0.3) is 0 Å². The van der Waals surface area contributed by atoms with E-state index in [1.54, 1.807) is 13.8 Å². The number of rotatable bonds is 2. The van der Waals surface area contributed by atoms with E-state index in [1.807, 2.05) is 6.92 Å². The lowest BCUT2D eigenvalue weighted by molar-refractivity contribution is -0.180. The van der Waals surface area contributed by atoms with Crippen molar-refractivity contribution < 1.29 is 28.9 Å². The van der Waals surface area contributed by atoms with Crippen molar-refractivity contribution >= 4 is 11.9 Å². The summed E-state index contributed by atoms with van der Waals surface area (Å²) >= 11 is 0. The summed E-state index contributed by atoms with van der Waals surface area (Å²) in [6.07, 6.45) is 4.02. The van der Waals surface area contributed by atoms with Crippen LogP contribution >= 0.6 is 0 Å². The van der Waals surface area contributed by atoms with Gasteiger partial charge in [0.1, 0.15) is 12.2 Å². The van der Waals surface area contributed by atoms with Gasteiger partial charge in [-0.25, -0.2) is 0 Å². The van der Waals surface area contributed by atoms with Gasteiger partial charge in [-0.2, -0.15) is 0 Å². The summed E-state index contributed by atoms with van der Waals surface area (Å²) in [7, 11) is 0. The van der Waals surface area contributed by atoms with Gasteiger partial charge in [-0.1, -0.05) is 44.1 Å². The van der Waals surface area contributed by atoms with Gasteiger partial charge >= 0.3 is 5.97 Å². The van der Waals surface area contributed by atoms with Crippen molar-refractivity contribution in [1.29, 1.82) is 0 Å². The first-order valence-corrected chi connectivity index (χ1v) is 12.8. The molecule has 1 aliphatic carbocycles. The van der Waals surface area contributed by atoms with Crippen LogP contribution in [0.4, 0.5) is 0 Å². The van der Waals surface area contributed by atoms with Gasteiger partial charge in [0.15, 0.2) is 5.79 Å². The van der Waals surface area contributed by atoms with E-state index in [1.165, 1.54) is 5.57 Å². The molecule has 0 aromatic carbocycles. The van der Waals surface area contributed by atoms with Crippen LogP contribution in [-0.2, 0) is 23.8 Å². The molecule has 8 atom stereocenters. The van der Waals surface area contributed by atoms with E-state index in [0.29, 0.717) is 18.8 Å². The predicted octanol–water partition coefficient (Wildman–Crippen LogP) is 3.65. The smallest absolute Gasteiger partial charge is 0.309 e. The van der Waals surface area contributed by atoms with Crippen LogP contribution < -0.4 is 5.32 Å². The molecule has 4 aliphatic rings. The summed E-state index contributed by atoms with van der Waals surface area (Å²) < 4.78 is 18.3. The summed E-state index contributed by atoms with van der Waals surface area (Å²) in [5.74, 6) is -1.65. The molecule has 0 unspecified atom stereocenters. The molecule has 2 saturated heterocycles. The molecule has 0 aromatic rings. The fourth-order valence-electron chi connectivity index (χ4n) is 6.50. The highest BCUT2D eigenvalue weighted by atomic mass is 16.8. The molecule has 2 N–H and O–H groups in total. The average molecular weight is 476 g/mol. The SMILES string of the molecule is CC1=C[C@@H]2/C=C(\C)CC[C@H](O)[C@@H]3OC(C)(C)O[C@@H]3CC(=O)O[C@]23C(=O)N[C@H](CC(C)C)[C@H]3[C@H]1C. The highest BCUT2D eigenvalue weighted by molar-refractivity contribution is 5.92. The number of esters is 1. The number of aliphatic hydroxyl groups excluding tert-OH is 1. The van der Waals surface area contributed by atoms with Crippen molar-refractivity contribution in [3.05, 3.63) is 23.3 Å². The molecule has 1 spiro atoms. The van der Waals surface area contributed by atoms with Crippen LogP contribution in [0.5, 0.6) is 0 Å². The Bertz CT molecular complexity index is 892. The Morgan fingerprint density at radius 1 is 1.18 bits per heavy atom. The number of allylic oxidation sites excluding steroid dienone is 2. The highest BCUT2D eigenvalue weighted by Gasteiger charge is 2.64. The Kier molecular flexibility index (Phi) is 6.77. The first-order valence-electron chi connectivity index (χ1n) is 12.8. The Labute approximate surface area is 203 Å². The van der Waals surface area contributed by atoms with E-state index in [9.17, 15) is 14.7 Å². The van der Waals surface area contributed by atoms with Crippen LogP contribution in [0, 0.1) is 23.7 Å². The molecule has 4 rings (SSSR count). The largest absolute Gasteiger partial charge is 0.447 e. The van der Waals surface area contributed by atoms with Gasteiger partial charge in [0.05, 0.1) is 12.5 Å². The minimum absolute atomic E-state index is 0.0670. The van der Waals surface area contributed by atoms with Gasteiger partial charge in [-0.05, 0) is 58.8 Å². The minimum atomic E-state index is -1.29. The monoisotopic (exact) mass is 475 g/mol. The Morgan fingerprint density at radius 2 is 1.88 bits per heavy atom. The number of fused-ring (bicyclic) bond motifs is 1.